The average molecular weight is 370 g/mol. The maximum absolute atomic E-state index is 12.8. The summed E-state index contributed by atoms with van der Waals surface area (Å²) in [5.74, 6) is -0.741. The van der Waals surface area contributed by atoms with Crippen LogP contribution in [-0.2, 0) is 22.7 Å². The number of piperidine rings is 1. The van der Waals surface area contributed by atoms with Gasteiger partial charge >= 0.3 is 0 Å². The lowest BCUT2D eigenvalue weighted by Gasteiger charge is -2.29. The quantitative estimate of drug-likeness (QED) is 0.506. The van der Waals surface area contributed by atoms with E-state index in [-0.39, 0.29) is 24.1 Å². The second kappa shape index (κ2) is 7.78. The number of hydrogen-bond acceptors (Lipinski definition) is 5. The van der Waals surface area contributed by atoms with E-state index in [4.69, 9.17) is 0 Å². The molecule has 3 N–H and O–H groups in total. The molecule has 3 amide bonds. The standard InChI is InChI=1S/C20H26N4O3/c25-18-7-6-17(19(26)23-18)24-12-16-13(3-1-5-15(16)20(24)27)11-21-10-8-14-4-2-9-22-14/h1,3,5,14,17,21-22H,2,4,6-12H2,(H,23,25,26)/t14-,17?/m1/s1. The zero-order valence-electron chi connectivity index (χ0n) is 15.4. The normalized spacial score (nSPS) is 25.0. The van der Waals surface area contributed by atoms with Crippen LogP contribution in [-0.4, -0.2) is 47.8 Å². The number of amides is 3. The molecule has 1 aromatic carbocycles. The molecule has 0 aliphatic carbocycles. The highest BCUT2D eigenvalue weighted by Crippen LogP contribution is 2.29. The van der Waals surface area contributed by atoms with Crippen molar-refractivity contribution in [2.75, 3.05) is 13.1 Å². The Morgan fingerprint density at radius 1 is 1.19 bits per heavy atom. The number of benzene rings is 1. The van der Waals surface area contributed by atoms with Gasteiger partial charge in [-0.2, -0.15) is 0 Å². The highest BCUT2D eigenvalue weighted by Gasteiger charge is 2.39. The largest absolute Gasteiger partial charge is 0.322 e. The molecule has 0 saturated carbocycles. The Balaban J connectivity index is 1.39. The van der Waals surface area contributed by atoms with Crippen molar-refractivity contribution in [3.63, 3.8) is 0 Å². The van der Waals surface area contributed by atoms with E-state index in [1.54, 1.807) is 4.90 Å². The number of carbonyl (C=O) groups is 3. The van der Waals surface area contributed by atoms with Crippen LogP contribution in [0.1, 0.15) is 53.6 Å². The summed E-state index contributed by atoms with van der Waals surface area (Å²) in [6.07, 6.45) is 4.29. The first-order chi connectivity index (χ1) is 13.1. The number of hydrogen-bond donors (Lipinski definition) is 3. The number of nitrogens with one attached hydrogen (secondary N) is 3. The Labute approximate surface area is 158 Å². The van der Waals surface area contributed by atoms with Crippen LogP contribution in [0.4, 0.5) is 0 Å². The third-order valence-corrected chi connectivity index (χ3v) is 5.83. The summed E-state index contributed by atoms with van der Waals surface area (Å²) in [6.45, 7) is 3.20. The van der Waals surface area contributed by atoms with Crippen molar-refractivity contribution in [2.45, 2.75) is 57.3 Å². The molecule has 4 rings (SSSR count). The summed E-state index contributed by atoms with van der Waals surface area (Å²) < 4.78 is 0. The zero-order chi connectivity index (χ0) is 18.8. The molecule has 1 aromatic rings. The van der Waals surface area contributed by atoms with Gasteiger partial charge in [0.1, 0.15) is 6.04 Å². The Bertz CT molecular complexity index is 758. The first-order valence-electron chi connectivity index (χ1n) is 9.83. The number of imide groups is 1. The Hall–Kier alpha value is -2.25. The molecule has 2 atom stereocenters. The molecular weight excluding hydrogens is 344 g/mol. The van der Waals surface area contributed by atoms with E-state index in [9.17, 15) is 14.4 Å². The van der Waals surface area contributed by atoms with Crippen molar-refractivity contribution < 1.29 is 14.4 Å². The molecule has 0 spiro atoms. The number of fused-ring (bicyclic) bond motifs is 1. The summed E-state index contributed by atoms with van der Waals surface area (Å²) in [5, 5.41) is 9.33. The predicted molar refractivity (Wildman–Crippen MR) is 99.8 cm³/mol. The topological polar surface area (TPSA) is 90.5 Å². The number of nitrogens with zero attached hydrogens (tertiary/aromatic N) is 1. The van der Waals surface area contributed by atoms with Crippen molar-refractivity contribution in [1.82, 2.24) is 20.9 Å². The minimum Gasteiger partial charge on any atom is -0.322 e. The van der Waals surface area contributed by atoms with Crippen LogP contribution in [0.15, 0.2) is 18.2 Å². The molecular formula is C20H26N4O3. The van der Waals surface area contributed by atoms with E-state index < -0.39 is 6.04 Å². The van der Waals surface area contributed by atoms with Crippen LogP contribution in [0.2, 0.25) is 0 Å². The van der Waals surface area contributed by atoms with Gasteiger partial charge in [-0.05, 0) is 56.0 Å². The molecule has 0 aromatic heterocycles. The predicted octanol–water partition coefficient (Wildman–Crippen LogP) is 0.679. The van der Waals surface area contributed by atoms with E-state index in [1.165, 1.54) is 12.8 Å². The fourth-order valence-electron chi connectivity index (χ4n) is 4.32. The molecule has 3 aliphatic rings. The summed E-state index contributed by atoms with van der Waals surface area (Å²) in [4.78, 5) is 38.0. The first kappa shape index (κ1) is 18.1. The van der Waals surface area contributed by atoms with Gasteiger partial charge in [0.15, 0.2) is 0 Å². The van der Waals surface area contributed by atoms with Gasteiger partial charge in [-0.1, -0.05) is 12.1 Å². The van der Waals surface area contributed by atoms with Crippen LogP contribution < -0.4 is 16.0 Å². The second-order valence-electron chi connectivity index (χ2n) is 7.60. The molecule has 3 aliphatic heterocycles. The van der Waals surface area contributed by atoms with Crippen molar-refractivity contribution in [3.05, 3.63) is 34.9 Å². The lowest BCUT2D eigenvalue weighted by atomic mass is 10.0. The van der Waals surface area contributed by atoms with E-state index in [1.807, 2.05) is 18.2 Å². The number of carbonyl (C=O) groups excluding carboxylic acids is 3. The van der Waals surface area contributed by atoms with E-state index in [0.29, 0.717) is 31.1 Å². The zero-order valence-corrected chi connectivity index (χ0v) is 15.4. The van der Waals surface area contributed by atoms with Crippen LogP contribution in [0, 0.1) is 0 Å². The molecule has 2 saturated heterocycles. The number of rotatable bonds is 6. The van der Waals surface area contributed by atoms with Crippen LogP contribution in [0.3, 0.4) is 0 Å². The van der Waals surface area contributed by atoms with E-state index >= 15 is 0 Å². The Morgan fingerprint density at radius 3 is 2.85 bits per heavy atom. The van der Waals surface area contributed by atoms with Crippen LogP contribution in [0.5, 0.6) is 0 Å². The van der Waals surface area contributed by atoms with Gasteiger partial charge in [-0.3, -0.25) is 19.7 Å². The van der Waals surface area contributed by atoms with Crippen molar-refractivity contribution >= 4 is 17.7 Å². The van der Waals surface area contributed by atoms with Crippen molar-refractivity contribution in [3.8, 4) is 0 Å². The summed E-state index contributed by atoms with van der Waals surface area (Å²) in [7, 11) is 0. The summed E-state index contributed by atoms with van der Waals surface area (Å²) >= 11 is 0. The molecule has 7 heteroatoms. The molecule has 0 radical (unpaired) electrons. The Morgan fingerprint density at radius 2 is 2.07 bits per heavy atom. The minimum atomic E-state index is -0.558. The van der Waals surface area contributed by atoms with Crippen molar-refractivity contribution in [2.24, 2.45) is 0 Å². The summed E-state index contributed by atoms with van der Waals surface area (Å²) in [6, 6.07) is 5.83. The highest BCUT2D eigenvalue weighted by atomic mass is 16.2. The fraction of sp³-hybridized carbons (Fsp3) is 0.550. The molecule has 144 valence electrons. The van der Waals surface area contributed by atoms with Crippen LogP contribution >= 0.6 is 0 Å². The molecule has 1 unspecified atom stereocenters. The average Bonchev–Trinajstić information content (AvgIpc) is 3.28. The van der Waals surface area contributed by atoms with E-state index in [2.05, 4.69) is 16.0 Å². The maximum atomic E-state index is 12.8. The smallest absolute Gasteiger partial charge is 0.255 e. The lowest BCUT2D eigenvalue weighted by Crippen LogP contribution is -2.52. The Kier molecular flexibility index (Phi) is 5.22. The fourth-order valence-corrected chi connectivity index (χ4v) is 4.32. The van der Waals surface area contributed by atoms with Gasteiger partial charge in [-0.15, -0.1) is 0 Å². The minimum absolute atomic E-state index is 0.114. The molecule has 7 nitrogen and oxygen atoms in total. The highest BCUT2D eigenvalue weighted by molar-refractivity contribution is 6.05. The van der Waals surface area contributed by atoms with E-state index in [0.717, 1.165) is 30.6 Å². The molecule has 0 bridgehead atoms. The monoisotopic (exact) mass is 370 g/mol. The first-order valence-corrected chi connectivity index (χ1v) is 9.83. The third-order valence-electron chi connectivity index (χ3n) is 5.83. The maximum Gasteiger partial charge on any atom is 0.255 e. The van der Waals surface area contributed by atoms with Gasteiger partial charge in [0.25, 0.3) is 5.91 Å². The second-order valence-corrected chi connectivity index (χ2v) is 7.60. The van der Waals surface area contributed by atoms with Crippen LogP contribution in [0.25, 0.3) is 0 Å². The molecule has 2 fully saturated rings. The van der Waals surface area contributed by atoms with Gasteiger partial charge in [0, 0.05) is 31.1 Å². The molecule has 3 heterocycles. The van der Waals surface area contributed by atoms with Gasteiger partial charge in [-0.25, -0.2) is 0 Å². The van der Waals surface area contributed by atoms with Gasteiger partial charge in [0.2, 0.25) is 11.8 Å². The van der Waals surface area contributed by atoms with Crippen molar-refractivity contribution in [1.29, 1.82) is 0 Å². The van der Waals surface area contributed by atoms with Gasteiger partial charge in [0.05, 0.1) is 0 Å². The summed E-state index contributed by atoms with van der Waals surface area (Å²) in [5.41, 5.74) is 2.78. The third kappa shape index (κ3) is 3.75. The lowest BCUT2D eigenvalue weighted by molar-refractivity contribution is -0.136. The van der Waals surface area contributed by atoms with Gasteiger partial charge < -0.3 is 15.5 Å². The molecule has 27 heavy (non-hydrogen) atoms. The SMILES string of the molecule is O=C1CCC(N2Cc3c(CNCC[C@H]4CCCN4)cccc3C2=O)C(=O)N1.